The summed E-state index contributed by atoms with van der Waals surface area (Å²) in [5, 5.41) is 15.5. The molecule has 134 valence electrons. The van der Waals surface area contributed by atoms with Crippen LogP contribution in [0.25, 0.3) is 0 Å². The monoisotopic (exact) mass is 342 g/mol. The van der Waals surface area contributed by atoms with E-state index >= 15 is 0 Å². The van der Waals surface area contributed by atoms with E-state index in [1.54, 1.807) is 7.05 Å². The summed E-state index contributed by atoms with van der Waals surface area (Å²) in [4.78, 5) is 16.1. The molecule has 1 aliphatic carbocycles. The second-order valence-corrected chi connectivity index (χ2v) is 6.18. The van der Waals surface area contributed by atoms with Crippen molar-refractivity contribution < 1.29 is 9.53 Å². The van der Waals surface area contributed by atoms with Gasteiger partial charge in [0.25, 0.3) is 0 Å². The molecule has 2 rings (SSSR count). The minimum atomic E-state index is -0.0655. The number of guanidine groups is 1. The molecular weight excluding hydrogens is 316 g/mol. The van der Waals surface area contributed by atoms with Gasteiger partial charge in [0.2, 0.25) is 0 Å². The molecule has 0 unspecified atom stereocenters. The van der Waals surface area contributed by atoms with Crippen molar-refractivity contribution in [1.29, 1.82) is 5.26 Å². The number of nitriles is 1. The van der Waals surface area contributed by atoms with Crippen molar-refractivity contribution >= 4 is 11.9 Å². The van der Waals surface area contributed by atoms with Crippen LogP contribution in [0.2, 0.25) is 0 Å². The van der Waals surface area contributed by atoms with Crippen molar-refractivity contribution in [2.24, 2.45) is 10.9 Å². The Morgan fingerprint density at radius 2 is 1.96 bits per heavy atom. The Labute approximate surface area is 149 Å². The van der Waals surface area contributed by atoms with Gasteiger partial charge in [-0.25, -0.2) is 0 Å². The molecule has 0 amide bonds. The standard InChI is InChI=1S/C19H26N4O2/c1-3-25-18(24)16-8-10-17(11-9-16)23-19(21-2)22-13-15-6-4-14(12-20)5-7-15/h4-7,16-17H,3,8-11,13H2,1-2H3,(H2,21,22,23). The van der Waals surface area contributed by atoms with Crippen molar-refractivity contribution in [2.45, 2.75) is 45.2 Å². The number of carbonyl (C=O) groups is 1. The van der Waals surface area contributed by atoms with E-state index in [4.69, 9.17) is 10.00 Å². The third kappa shape index (κ3) is 5.79. The minimum absolute atomic E-state index is 0.0339. The number of aliphatic imine (C=N–C) groups is 1. The van der Waals surface area contributed by atoms with Crippen molar-refractivity contribution in [1.82, 2.24) is 10.6 Å². The maximum atomic E-state index is 11.8. The van der Waals surface area contributed by atoms with Crippen LogP contribution >= 0.6 is 0 Å². The molecule has 6 heteroatoms. The molecule has 1 aromatic rings. The summed E-state index contributed by atoms with van der Waals surface area (Å²) in [7, 11) is 1.75. The Kier molecular flexibility index (Phi) is 7.27. The van der Waals surface area contributed by atoms with Gasteiger partial charge in [-0.1, -0.05) is 12.1 Å². The third-order valence-corrected chi connectivity index (χ3v) is 4.45. The fourth-order valence-corrected chi connectivity index (χ4v) is 3.00. The van der Waals surface area contributed by atoms with E-state index in [1.807, 2.05) is 31.2 Å². The van der Waals surface area contributed by atoms with Crippen molar-refractivity contribution in [3.8, 4) is 6.07 Å². The van der Waals surface area contributed by atoms with E-state index in [-0.39, 0.29) is 11.9 Å². The van der Waals surface area contributed by atoms with Gasteiger partial charge >= 0.3 is 5.97 Å². The second-order valence-electron chi connectivity index (χ2n) is 6.18. The highest BCUT2D eigenvalue weighted by molar-refractivity contribution is 5.80. The summed E-state index contributed by atoms with van der Waals surface area (Å²) in [6.07, 6.45) is 3.56. The molecule has 0 saturated heterocycles. The highest BCUT2D eigenvalue weighted by Gasteiger charge is 2.27. The highest BCUT2D eigenvalue weighted by Crippen LogP contribution is 2.25. The van der Waals surface area contributed by atoms with E-state index in [9.17, 15) is 4.79 Å². The number of benzene rings is 1. The van der Waals surface area contributed by atoms with Gasteiger partial charge in [0, 0.05) is 19.6 Å². The predicted octanol–water partition coefficient (Wildman–Crippen LogP) is 2.35. The number of hydrogen-bond donors (Lipinski definition) is 2. The van der Waals surface area contributed by atoms with Crippen molar-refractivity contribution in [2.75, 3.05) is 13.7 Å². The molecule has 6 nitrogen and oxygen atoms in total. The van der Waals surface area contributed by atoms with Gasteiger partial charge in [-0.3, -0.25) is 9.79 Å². The molecule has 0 aliphatic heterocycles. The van der Waals surface area contributed by atoms with E-state index in [1.165, 1.54) is 0 Å². The molecule has 25 heavy (non-hydrogen) atoms. The quantitative estimate of drug-likeness (QED) is 0.487. The summed E-state index contributed by atoms with van der Waals surface area (Å²) >= 11 is 0. The lowest BCUT2D eigenvalue weighted by Gasteiger charge is -2.29. The van der Waals surface area contributed by atoms with Gasteiger partial charge in [-0.05, 0) is 50.3 Å². The summed E-state index contributed by atoms with van der Waals surface area (Å²) in [6.45, 7) is 2.93. The molecule has 1 fully saturated rings. The topological polar surface area (TPSA) is 86.5 Å². The first-order valence-electron chi connectivity index (χ1n) is 8.79. The Morgan fingerprint density at radius 1 is 1.28 bits per heavy atom. The number of nitrogens with one attached hydrogen (secondary N) is 2. The molecular formula is C19H26N4O2. The van der Waals surface area contributed by atoms with E-state index in [0.29, 0.717) is 24.8 Å². The normalized spacial score (nSPS) is 20.4. The molecule has 0 heterocycles. The Hall–Kier alpha value is -2.55. The molecule has 1 aromatic carbocycles. The molecule has 2 N–H and O–H groups in total. The molecule has 1 aliphatic rings. The SMILES string of the molecule is CCOC(=O)C1CCC(NC(=NC)NCc2ccc(C#N)cc2)CC1. The molecule has 0 spiro atoms. The van der Waals surface area contributed by atoms with Gasteiger partial charge < -0.3 is 15.4 Å². The lowest BCUT2D eigenvalue weighted by molar-refractivity contribution is -0.149. The van der Waals surface area contributed by atoms with E-state index < -0.39 is 0 Å². The average molecular weight is 342 g/mol. The van der Waals surface area contributed by atoms with Crippen LogP contribution in [0.4, 0.5) is 0 Å². The van der Waals surface area contributed by atoms with Crippen LogP contribution in [0.1, 0.15) is 43.7 Å². The summed E-state index contributed by atoms with van der Waals surface area (Å²) < 4.78 is 5.11. The molecule has 0 radical (unpaired) electrons. The number of rotatable bonds is 5. The largest absolute Gasteiger partial charge is 0.466 e. The highest BCUT2D eigenvalue weighted by atomic mass is 16.5. The maximum absolute atomic E-state index is 11.8. The van der Waals surface area contributed by atoms with E-state index in [2.05, 4.69) is 21.7 Å². The summed E-state index contributed by atoms with van der Waals surface area (Å²) in [5.74, 6) is 0.722. The number of esters is 1. The average Bonchev–Trinajstić information content (AvgIpc) is 2.66. The Bertz CT molecular complexity index is 626. The van der Waals surface area contributed by atoms with Crippen molar-refractivity contribution in [3.63, 3.8) is 0 Å². The fraction of sp³-hybridized carbons (Fsp3) is 0.526. The van der Waals surface area contributed by atoms with Crippen LogP contribution in [0.15, 0.2) is 29.3 Å². The lowest BCUT2D eigenvalue weighted by Crippen LogP contribution is -2.45. The van der Waals surface area contributed by atoms with Crippen LogP contribution in [0.3, 0.4) is 0 Å². The van der Waals surface area contributed by atoms with Gasteiger partial charge in [0.05, 0.1) is 24.2 Å². The predicted molar refractivity (Wildman–Crippen MR) is 96.9 cm³/mol. The first-order valence-corrected chi connectivity index (χ1v) is 8.79. The minimum Gasteiger partial charge on any atom is -0.466 e. The zero-order valence-electron chi connectivity index (χ0n) is 14.9. The lowest BCUT2D eigenvalue weighted by atomic mass is 9.86. The van der Waals surface area contributed by atoms with Crippen LogP contribution in [0, 0.1) is 17.2 Å². The molecule has 0 atom stereocenters. The number of carbonyl (C=O) groups excluding carboxylic acids is 1. The van der Waals surface area contributed by atoms with Crippen LogP contribution in [0.5, 0.6) is 0 Å². The Balaban J connectivity index is 1.77. The van der Waals surface area contributed by atoms with Crippen molar-refractivity contribution in [3.05, 3.63) is 35.4 Å². The summed E-state index contributed by atoms with van der Waals surface area (Å²) in [5.41, 5.74) is 1.75. The zero-order valence-corrected chi connectivity index (χ0v) is 14.9. The van der Waals surface area contributed by atoms with Gasteiger partial charge in [0.15, 0.2) is 5.96 Å². The third-order valence-electron chi connectivity index (χ3n) is 4.45. The molecule has 0 aromatic heterocycles. The first-order chi connectivity index (χ1) is 12.2. The number of ether oxygens (including phenoxy) is 1. The van der Waals surface area contributed by atoms with E-state index in [0.717, 1.165) is 37.2 Å². The maximum Gasteiger partial charge on any atom is 0.308 e. The number of hydrogen-bond acceptors (Lipinski definition) is 4. The van der Waals surface area contributed by atoms with Crippen LogP contribution in [-0.4, -0.2) is 31.6 Å². The fourth-order valence-electron chi connectivity index (χ4n) is 3.00. The Morgan fingerprint density at radius 3 is 2.52 bits per heavy atom. The smallest absolute Gasteiger partial charge is 0.308 e. The first kappa shape index (κ1) is 18.8. The van der Waals surface area contributed by atoms with Crippen LogP contribution < -0.4 is 10.6 Å². The summed E-state index contributed by atoms with van der Waals surface area (Å²) in [6, 6.07) is 9.92. The molecule has 0 bridgehead atoms. The second kappa shape index (κ2) is 9.67. The van der Waals surface area contributed by atoms with Gasteiger partial charge in [0.1, 0.15) is 0 Å². The van der Waals surface area contributed by atoms with Gasteiger partial charge in [-0.15, -0.1) is 0 Å². The van der Waals surface area contributed by atoms with Gasteiger partial charge in [-0.2, -0.15) is 5.26 Å². The van der Waals surface area contributed by atoms with Crippen LogP contribution in [-0.2, 0) is 16.1 Å². The zero-order chi connectivity index (χ0) is 18.1. The number of nitrogens with zero attached hydrogens (tertiary/aromatic N) is 2. The molecule has 1 saturated carbocycles.